The van der Waals surface area contributed by atoms with E-state index in [1.165, 1.54) is 6.20 Å². The Labute approximate surface area is 174 Å². The minimum Gasteiger partial charge on any atom is -0.462 e. The number of hydrogen-bond donors (Lipinski definition) is 0. The van der Waals surface area contributed by atoms with E-state index >= 15 is 0 Å². The predicted octanol–water partition coefficient (Wildman–Crippen LogP) is 3.64. The molecule has 0 atom stereocenters. The molecule has 3 aromatic rings. The van der Waals surface area contributed by atoms with Crippen molar-refractivity contribution in [2.45, 2.75) is 33.7 Å². The van der Waals surface area contributed by atoms with Gasteiger partial charge in [0.2, 0.25) is 0 Å². The summed E-state index contributed by atoms with van der Waals surface area (Å²) in [6, 6.07) is 8.16. The van der Waals surface area contributed by atoms with Crippen molar-refractivity contribution < 1.29 is 19.1 Å². The van der Waals surface area contributed by atoms with E-state index in [1.807, 2.05) is 24.4 Å². The largest absolute Gasteiger partial charge is 0.462 e. The maximum absolute atomic E-state index is 12.2. The minimum atomic E-state index is -0.549. The first kappa shape index (κ1) is 21.1. The summed E-state index contributed by atoms with van der Waals surface area (Å²) < 4.78 is 13.7. The second kappa shape index (κ2) is 8.82. The highest BCUT2D eigenvalue weighted by Crippen LogP contribution is 2.26. The average Bonchev–Trinajstić information content (AvgIpc) is 3.35. The zero-order valence-corrected chi connectivity index (χ0v) is 17.5. The van der Waals surface area contributed by atoms with Gasteiger partial charge >= 0.3 is 11.9 Å². The van der Waals surface area contributed by atoms with E-state index in [2.05, 4.69) is 29.6 Å². The zero-order valence-electron chi connectivity index (χ0n) is 17.5. The van der Waals surface area contributed by atoms with Crippen molar-refractivity contribution in [3.63, 3.8) is 0 Å². The van der Waals surface area contributed by atoms with E-state index in [0.717, 1.165) is 16.6 Å². The van der Waals surface area contributed by atoms with Crippen molar-refractivity contribution in [3.05, 3.63) is 47.9 Å². The van der Waals surface area contributed by atoms with Gasteiger partial charge in [0.05, 0.1) is 28.9 Å². The van der Waals surface area contributed by atoms with Crippen LogP contribution in [0.25, 0.3) is 16.6 Å². The molecule has 0 aliphatic heterocycles. The molecule has 2 aromatic heterocycles. The lowest BCUT2D eigenvalue weighted by molar-refractivity contribution is -0.148. The molecule has 2 heterocycles. The molecule has 0 spiro atoms. The fourth-order valence-corrected chi connectivity index (χ4v) is 3.00. The van der Waals surface area contributed by atoms with Gasteiger partial charge in [-0.3, -0.25) is 4.79 Å². The molecular formula is C22H24N4O4. The molecule has 3 rings (SSSR count). The number of carbonyl (C=O) groups excluding carboxylic acids is 2. The van der Waals surface area contributed by atoms with Crippen molar-refractivity contribution in [2.24, 2.45) is 5.92 Å². The van der Waals surface area contributed by atoms with Crippen molar-refractivity contribution in [1.29, 1.82) is 5.26 Å². The highest BCUT2D eigenvalue weighted by molar-refractivity contribution is 5.90. The molecule has 0 radical (unpaired) electrons. The number of carbonyl (C=O) groups is 2. The van der Waals surface area contributed by atoms with Gasteiger partial charge in [0, 0.05) is 29.3 Å². The molecule has 1 aromatic carbocycles. The van der Waals surface area contributed by atoms with E-state index in [1.54, 1.807) is 24.7 Å². The van der Waals surface area contributed by atoms with Crippen LogP contribution in [0.15, 0.2) is 36.8 Å². The zero-order chi connectivity index (χ0) is 21.8. The number of benzene rings is 1. The Kier molecular flexibility index (Phi) is 6.21. The van der Waals surface area contributed by atoms with Crippen LogP contribution in [0.1, 0.15) is 49.7 Å². The third kappa shape index (κ3) is 4.35. The first-order valence-corrected chi connectivity index (χ1v) is 9.75. The quantitative estimate of drug-likeness (QED) is 0.437. The predicted molar refractivity (Wildman–Crippen MR) is 110 cm³/mol. The van der Waals surface area contributed by atoms with Crippen LogP contribution >= 0.6 is 0 Å². The van der Waals surface area contributed by atoms with Crippen molar-refractivity contribution >= 4 is 22.8 Å². The van der Waals surface area contributed by atoms with Gasteiger partial charge in [-0.15, -0.1) is 0 Å². The molecule has 0 bridgehead atoms. The summed E-state index contributed by atoms with van der Waals surface area (Å²) in [5.41, 5.74) is 2.56. The lowest BCUT2D eigenvalue weighted by Crippen LogP contribution is -2.17. The number of fused-ring (bicyclic) bond motifs is 1. The number of rotatable bonds is 7. The smallest absolute Gasteiger partial charge is 0.341 e. The van der Waals surface area contributed by atoms with Crippen LogP contribution < -0.4 is 0 Å². The van der Waals surface area contributed by atoms with Crippen LogP contribution in [-0.4, -0.2) is 39.5 Å². The van der Waals surface area contributed by atoms with E-state index in [-0.39, 0.29) is 36.7 Å². The van der Waals surface area contributed by atoms with Crippen LogP contribution in [0, 0.1) is 17.2 Å². The number of nitrogens with zero attached hydrogens (tertiary/aromatic N) is 4. The number of nitriles is 1. The van der Waals surface area contributed by atoms with Crippen LogP contribution in [0.3, 0.4) is 0 Å². The van der Waals surface area contributed by atoms with Gasteiger partial charge in [-0.2, -0.15) is 10.4 Å². The minimum absolute atomic E-state index is 0.0112. The number of esters is 2. The van der Waals surface area contributed by atoms with Gasteiger partial charge < -0.3 is 14.0 Å². The van der Waals surface area contributed by atoms with E-state index in [0.29, 0.717) is 5.56 Å². The standard InChI is InChI=1S/C22H24N4O4/c1-14(2)21(27)29-7-8-30-22(28)17-11-24-26(13-17)18-5-6-20-19(9-18)16(10-23)12-25(20)15(3)4/h5-6,9,11-15H,7-8H2,1-4H3. The SMILES string of the molecule is CC(C)C(=O)OCCOC(=O)c1cnn(-c2ccc3c(c2)c(C#N)cn3C(C)C)c1. The molecule has 30 heavy (non-hydrogen) atoms. The number of ether oxygens (including phenoxy) is 2. The Balaban J connectivity index is 1.73. The summed E-state index contributed by atoms with van der Waals surface area (Å²) in [4.78, 5) is 23.6. The molecule has 0 fully saturated rings. The molecule has 0 saturated carbocycles. The Morgan fingerprint density at radius 1 is 1.13 bits per heavy atom. The fourth-order valence-electron chi connectivity index (χ4n) is 3.00. The van der Waals surface area contributed by atoms with Crippen LogP contribution in [0.2, 0.25) is 0 Å². The van der Waals surface area contributed by atoms with Gasteiger partial charge in [0.15, 0.2) is 0 Å². The molecule has 0 aliphatic rings. The lowest BCUT2D eigenvalue weighted by atomic mass is 10.1. The Morgan fingerprint density at radius 3 is 2.53 bits per heavy atom. The number of hydrogen-bond acceptors (Lipinski definition) is 6. The Morgan fingerprint density at radius 2 is 1.87 bits per heavy atom. The van der Waals surface area contributed by atoms with E-state index in [9.17, 15) is 14.9 Å². The van der Waals surface area contributed by atoms with Crippen LogP contribution in [0.5, 0.6) is 0 Å². The highest BCUT2D eigenvalue weighted by atomic mass is 16.6. The summed E-state index contributed by atoms with van der Waals surface area (Å²) >= 11 is 0. The molecule has 0 saturated heterocycles. The topological polar surface area (TPSA) is 99.1 Å². The maximum Gasteiger partial charge on any atom is 0.341 e. The Bertz CT molecular complexity index is 1120. The van der Waals surface area contributed by atoms with E-state index < -0.39 is 5.97 Å². The van der Waals surface area contributed by atoms with Gasteiger partial charge in [-0.25, -0.2) is 9.48 Å². The van der Waals surface area contributed by atoms with Gasteiger partial charge in [-0.05, 0) is 32.0 Å². The third-order valence-electron chi connectivity index (χ3n) is 4.61. The lowest BCUT2D eigenvalue weighted by Gasteiger charge is -2.09. The van der Waals surface area contributed by atoms with Crippen LogP contribution in [-0.2, 0) is 14.3 Å². The second-order valence-electron chi connectivity index (χ2n) is 7.49. The molecule has 0 N–H and O–H groups in total. The van der Waals surface area contributed by atoms with Gasteiger partial charge in [-0.1, -0.05) is 13.8 Å². The first-order valence-electron chi connectivity index (χ1n) is 9.75. The van der Waals surface area contributed by atoms with Crippen molar-refractivity contribution in [2.75, 3.05) is 13.2 Å². The monoisotopic (exact) mass is 408 g/mol. The van der Waals surface area contributed by atoms with E-state index in [4.69, 9.17) is 9.47 Å². The summed E-state index contributed by atoms with van der Waals surface area (Å²) in [7, 11) is 0. The van der Waals surface area contributed by atoms with Crippen molar-refractivity contribution in [3.8, 4) is 11.8 Å². The average molecular weight is 408 g/mol. The molecule has 0 unspecified atom stereocenters. The normalized spacial score (nSPS) is 11.1. The molecular weight excluding hydrogens is 384 g/mol. The molecule has 8 nitrogen and oxygen atoms in total. The molecule has 0 aliphatic carbocycles. The van der Waals surface area contributed by atoms with Gasteiger partial charge in [0.25, 0.3) is 0 Å². The molecule has 8 heteroatoms. The van der Waals surface area contributed by atoms with Gasteiger partial charge in [0.1, 0.15) is 19.3 Å². The summed E-state index contributed by atoms with van der Waals surface area (Å²) in [6.07, 6.45) is 4.82. The second-order valence-corrected chi connectivity index (χ2v) is 7.49. The fraction of sp³-hybridized carbons (Fsp3) is 0.364. The summed E-state index contributed by atoms with van der Waals surface area (Å²) in [6.45, 7) is 7.57. The van der Waals surface area contributed by atoms with Crippen LogP contribution in [0.4, 0.5) is 0 Å². The maximum atomic E-state index is 12.2. The third-order valence-corrected chi connectivity index (χ3v) is 4.61. The summed E-state index contributed by atoms with van der Waals surface area (Å²) in [5.74, 6) is -1.11. The van der Waals surface area contributed by atoms with Crippen molar-refractivity contribution in [1.82, 2.24) is 14.3 Å². The Hall–Kier alpha value is -3.60. The highest BCUT2D eigenvalue weighted by Gasteiger charge is 2.15. The molecule has 0 amide bonds. The number of aromatic nitrogens is 3. The molecule has 156 valence electrons. The summed E-state index contributed by atoms with van der Waals surface area (Å²) in [5, 5.41) is 14.5. The first-order chi connectivity index (χ1) is 14.3.